The van der Waals surface area contributed by atoms with Crippen molar-refractivity contribution in [2.45, 2.75) is 38.1 Å². The number of carbonyl (C=O) groups is 2. The fourth-order valence-electron chi connectivity index (χ4n) is 3.04. The number of carboxylic acids is 1. The largest absolute Gasteiger partial charge is 0.479 e. The summed E-state index contributed by atoms with van der Waals surface area (Å²) < 4.78 is 0. The van der Waals surface area contributed by atoms with Crippen LogP contribution in [0.5, 0.6) is 0 Å². The minimum Gasteiger partial charge on any atom is -0.479 e. The standard InChI is InChI=1S/C15H19NO3S2/c1-9-2-3-10-11(7-21-12(10)6-9)13(17)16-15(14(18)19)4-5-20-8-15/h7,9H,2-6,8H2,1H3,(H,16,17)(H,18,19). The van der Waals surface area contributed by atoms with Gasteiger partial charge in [-0.15, -0.1) is 11.3 Å². The van der Waals surface area contributed by atoms with Gasteiger partial charge in [0.05, 0.1) is 5.56 Å². The molecule has 4 nitrogen and oxygen atoms in total. The maximum Gasteiger partial charge on any atom is 0.330 e. The van der Waals surface area contributed by atoms with Crippen molar-refractivity contribution >= 4 is 35.0 Å². The number of nitrogens with one attached hydrogen (secondary N) is 1. The predicted octanol–water partition coefficient (Wildman–Crippen LogP) is 2.56. The molecule has 1 amide bonds. The van der Waals surface area contributed by atoms with E-state index in [-0.39, 0.29) is 5.91 Å². The number of thiophene rings is 1. The fraction of sp³-hybridized carbons (Fsp3) is 0.600. The van der Waals surface area contributed by atoms with Gasteiger partial charge < -0.3 is 10.4 Å². The topological polar surface area (TPSA) is 66.4 Å². The van der Waals surface area contributed by atoms with Crippen molar-refractivity contribution in [3.8, 4) is 0 Å². The number of fused-ring (bicyclic) bond motifs is 1. The Morgan fingerprint density at radius 2 is 2.29 bits per heavy atom. The molecule has 2 atom stereocenters. The van der Waals surface area contributed by atoms with Crippen molar-refractivity contribution in [1.82, 2.24) is 5.32 Å². The number of carboxylic acid groups (broad SMARTS) is 1. The van der Waals surface area contributed by atoms with Crippen molar-refractivity contribution in [1.29, 1.82) is 0 Å². The third kappa shape index (κ3) is 2.71. The Morgan fingerprint density at radius 1 is 1.48 bits per heavy atom. The highest BCUT2D eigenvalue weighted by molar-refractivity contribution is 7.99. The Labute approximate surface area is 132 Å². The van der Waals surface area contributed by atoms with E-state index in [0.717, 1.165) is 30.6 Å². The van der Waals surface area contributed by atoms with E-state index >= 15 is 0 Å². The van der Waals surface area contributed by atoms with Crippen LogP contribution in [0, 0.1) is 5.92 Å². The highest BCUT2D eigenvalue weighted by atomic mass is 32.2. The van der Waals surface area contributed by atoms with E-state index in [4.69, 9.17) is 0 Å². The van der Waals surface area contributed by atoms with Crippen LogP contribution >= 0.6 is 23.1 Å². The van der Waals surface area contributed by atoms with Crippen molar-refractivity contribution in [2.24, 2.45) is 5.92 Å². The highest BCUT2D eigenvalue weighted by Gasteiger charge is 2.43. The number of hydrogen-bond acceptors (Lipinski definition) is 4. The second-order valence-corrected chi connectivity index (χ2v) is 8.11. The van der Waals surface area contributed by atoms with Crippen LogP contribution in [0.2, 0.25) is 0 Å². The normalized spacial score (nSPS) is 28.1. The first-order valence-corrected chi connectivity index (χ1v) is 9.28. The summed E-state index contributed by atoms with van der Waals surface area (Å²) in [5.74, 6) is 0.776. The van der Waals surface area contributed by atoms with Crippen LogP contribution < -0.4 is 5.32 Å². The van der Waals surface area contributed by atoms with Crippen molar-refractivity contribution < 1.29 is 14.7 Å². The predicted molar refractivity (Wildman–Crippen MR) is 85.3 cm³/mol. The average molecular weight is 325 g/mol. The lowest BCUT2D eigenvalue weighted by molar-refractivity contribution is -0.143. The van der Waals surface area contributed by atoms with E-state index in [0.29, 0.717) is 23.7 Å². The number of amides is 1. The molecule has 0 radical (unpaired) electrons. The molecule has 0 spiro atoms. The number of carbonyl (C=O) groups excluding carboxylic acids is 1. The maximum absolute atomic E-state index is 12.5. The molecule has 2 heterocycles. The molecular formula is C15H19NO3S2. The van der Waals surface area contributed by atoms with Gasteiger partial charge in [-0.05, 0) is 42.9 Å². The molecular weight excluding hydrogens is 306 g/mol. The summed E-state index contributed by atoms with van der Waals surface area (Å²) in [5.41, 5.74) is 0.750. The van der Waals surface area contributed by atoms with E-state index in [1.54, 1.807) is 23.1 Å². The SMILES string of the molecule is CC1CCc2c(C(=O)NC3(C(=O)O)CCSC3)csc2C1. The number of aliphatic carboxylic acids is 1. The number of rotatable bonds is 3. The molecule has 1 aliphatic carbocycles. The summed E-state index contributed by atoms with van der Waals surface area (Å²) in [6, 6.07) is 0. The van der Waals surface area contributed by atoms with Gasteiger partial charge in [0.1, 0.15) is 5.54 Å². The van der Waals surface area contributed by atoms with Crippen LogP contribution in [0.4, 0.5) is 0 Å². The zero-order valence-electron chi connectivity index (χ0n) is 12.0. The lowest BCUT2D eigenvalue weighted by Crippen LogP contribution is -2.54. The van der Waals surface area contributed by atoms with Gasteiger partial charge in [-0.25, -0.2) is 4.79 Å². The molecule has 0 saturated carbocycles. The monoisotopic (exact) mass is 325 g/mol. The van der Waals surface area contributed by atoms with Crippen LogP contribution in [-0.4, -0.2) is 34.0 Å². The van der Waals surface area contributed by atoms with Crippen LogP contribution in [0.1, 0.15) is 40.6 Å². The van der Waals surface area contributed by atoms with E-state index in [9.17, 15) is 14.7 Å². The van der Waals surface area contributed by atoms with Gasteiger partial charge in [0, 0.05) is 16.0 Å². The Bertz CT molecular complexity index is 575. The summed E-state index contributed by atoms with van der Waals surface area (Å²) in [6.45, 7) is 2.23. The van der Waals surface area contributed by atoms with Crippen LogP contribution in [0.25, 0.3) is 0 Å². The molecule has 6 heteroatoms. The molecule has 0 aromatic carbocycles. The summed E-state index contributed by atoms with van der Waals surface area (Å²) in [4.78, 5) is 25.4. The van der Waals surface area contributed by atoms with Gasteiger partial charge in [-0.2, -0.15) is 11.8 Å². The number of hydrogen-bond donors (Lipinski definition) is 2. The van der Waals surface area contributed by atoms with Crippen molar-refractivity contribution in [3.05, 3.63) is 21.4 Å². The molecule has 1 saturated heterocycles. The second kappa shape index (κ2) is 5.65. The van der Waals surface area contributed by atoms with E-state index in [1.165, 1.54) is 4.88 Å². The summed E-state index contributed by atoms with van der Waals surface area (Å²) in [5, 5.41) is 14.2. The molecule has 1 aromatic heterocycles. The quantitative estimate of drug-likeness (QED) is 0.896. The van der Waals surface area contributed by atoms with Gasteiger partial charge in [0.2, 0.25) is 0 Å². The number of thioether (sulfide) groups is 1. The first-order valence-electron chi connectivity index (χ1n) is 7.25. The molecule has 114 valence electrons. The second-order valence-electron chi connectivity index (χ2n) is 6.04. The molecule has 3 rings (SSSR count). The first-order chi connectivity index (χ1) is 10.0. The van der Waals surface area contributed by atoms with Crippen LogP contribution in [0.15, 0.2) is 5.38 Å². The zero-order valence-corrected chi connectivity index (χ0v) is 13.6. The minimum atomic E-state index is -1.08. The van der Waals surface area contributed by atoms with Gasteiger partial charge >= 0.3 is 5.97 Å². The summed E-state index contributed by atoms with van der Waals surface area (Å²) >= 11 is 3.22. The van der Waals surface area contributed by atoms with Crippen LogP contribution in [-0.2, 0) is 17.6 Å². The molecule has 2 unspecified atom stereocenters. The molecule has 1 aromatic rings. The van der Waals surface area contributed by atoms with Gasteiger partial charge in [-0.3, -0.25) is 4.79 Å². The lowest BCUT2D eigenvalue weighted by atomic mass is 9.88. The Hall–Kier alpha value is -1.01. The van der Waals surface area contributed by atoms with Crippen molar-refractivity contribution in [3.63, 3.8) is 0 Å². The van der Waals surface area contributed by atoms with Gasteiger partial charge in [0.25, 0.3) is 5.91 Å². The fourth-order valence-corrected chi connectivity index (χ4v) is 5.61. The molecule has 2 aliphatic rings. The lowest BCUT2D eigenvalue weighted by Gasteiger charge is -2.25. The highest BCUT2D eigenvalue weighted by Crippen LogP contribution is 2.34. The van der Waals surface area contributed by atoms with E-state index < -0.39 is 11.5 Å². The summed E-state index contributed by atoms with van der Waals surface area (Å²) in [7, 11) is 0. The third-order valence-corrected chi connectivity index (χ3v) is 6.67. The molecule has 2 N–H and O–H groups in total. The minimum absolute atomic E-state index is 0.216. The molecule has 1 aliphatic heterocycles. The maximum atomic E-state index is 12.5. The Kier molecular flexibility index (Phi) is 4.01. The first kappa shape index (κ1) is 14.9. The van der Waals surface area contributed by atoms with Gasteiger partial charge in [-0.1, -0.05) is 6.92 Å². The van der Waals surface area contributed by atoms with Crippen LogP contribution in [0.3, 0.4) is 0 Å². The van der Waals surface area contributed by atoms with E-state index in [1.807, 2.05) is 5.38 Å². The summed E-state index contributed by atoms with van der Waals surface area (Å²) in [6.07, 6.45) is 3.57. The van der Waals surface area contributed by atoms with Gasteiger partial charge in [0.15, 0.2) is 0 Å². The van der Waals surface area contributed by atoms with E-state index in [2.05, 4.69) is 12.2 Å². The zero-order chi connectivity index (χ0) is 15.0. The Balaban J connectivity index is 1.82. The average Bonchev–Trinajstić information content (AvgIpc) is 3.05. The molecule has 0 bridgehead atoms. The smallest absolute Gasteiger partial charge is 0.330 e. The Morgan fingerprint density at radius 3 is 2.95 bits per heavy atom. The molecule has 1 fully saturated rings. The van der Waals surface area contributed by atoms with Crippen molar-refractivity contribution in [2.75, 3.05) is 11.5 Å². The third-order valence-electron chi connectivity index (χ3n) is 4.43. The molecule has 21 heavy (non-hydrogen) atoms.